The summed E-state index contributed by atoms with van der Waals surface area (Å²) in [5, 5.41) is 2.64. The van der Waals surface area contributed by atoms with Gasteiger partial charge in [0.05, 0.1) is 0 Å². The van der Waals surface area contributed by atoms with Crippen LogP contribution in [-0.4, -0.2) is 6.41 Å². The Bertz CT molecular complexity index is 272. The molecule has 1 amide bonds. The van der Waals surface area contributed by atoms with Crippen LogP contribution in [0.4, 0.5) is 5.69 Å². The molecule has 2 heteroatoms. The van der Waals surface area contributed by atoms with Gasteiger partial charge in [0.2, 0.25) is 0 Å². The van der Waals surface area contributed by atoms with Gasteiger partial charge in [-0.15, -0.1) is 0 Å². The van der Waals surface area contributed by atoms with Crippen LogP contribution in [0.2, 0.25) is 0 Å². The molecule has 0 aliphatic rings. The van der Waals surface area contributed by atoms with Gasteiger partial charge in [-0.3, -0.25) is 4.79 Å². The van der Waals surface area contributed by atoms with E-state index < -0.39 is 0 Å². The predicted molar refractivity (Wildman–Crippen MR) is 54.5 cm³/mol. The lowest BCUT2D eigenvalue weighted by Crippen LogP contribution is -2.02. The van der Waals surface area contributed by atoms with Gasteiger partial charge < -0.3 is 5.32 Å². The van der Waals surface area contributed by atoms with Gasteiger partial charge in [-0.2, -0.15) is 0 Å². The first-order valence-corrected chi connectivity index (χ1v) is 4.57. The lowest BCUT2D eigenvalue weighted by molar-refractivity contribution is 0.561. The van der Waals surface area contributed by atoms with Crippen molar-refractivity contribution in [3.05, 3.63) is 29.3 Å². The molecule has 0 saturated heterocycles. The van der Waals surface area contributed by atoms with E-state index in [-0.39, 0.29) is 0 Å². The van der Waals surface area contributed by atoms with Crippen LogP contribution in [0.1, 0.15) is 25.0 Å². The molecule has 1 aromatic carbocycles. The lowest BCUT2D eigenvalue weighted by Gasteiger charge is -2.10. The molecular weight excluding hydrogens is 162 g/mol. The van der Waals surface area contributed by atoms with Crippen molar-refractivity contribution in [3.63, 3.8) is 0 Å². The summed E-state index contributed by atoms with van der Waals surface area (Å²) in [5.41, 5.74) is 3.27. The summed E-state index contributed by atoms with van der Waals surface area (Å²) in [4.78, 5) is 10.3. The average molecular weight is 176 g/mol. The molecule has 2 nitrogen and oxygen atoms in total. The fraction of sp³-hybridized carbons (Fsp3) is 0.364. The minimum atomic E-state index is 0.928. The maximum atomic E-state index is 10.3. The molecule has 0 bridgehead atoms. The number of rotatable bonds is 4. The van der Waals surface area contributed by atoms with Gasteiger partial charge in [-0.1, -0.05) is 32.0 Å². The summed E-state index contributed by atoms with van der Waals surface area (Å²) < 4.78 is 0. The minimum Gasteiger partial charge on any atom is -0.317 e. The Morgan fingerprint density at radius 1 is 1.23 bits per heavy atom. The van der Waals surface area contributed by atoms with Gasteiger partial charge in [0.1, 0.15) is 0 Å². The maximum Gasteiger partial charge on any atom is 0.314 e. The van der Waals surface area contributed by atoms with Gasteiger partial charge in [-0.05, 0) is 24.0 Å². The third-order valence-electron chi connectivity index (χ3n) is 2.17. The number of carbonyl (C=O) groups excluding carboxylic acids is 1. The van der Waals surface area contributed by atoms with Crippen LogP contribution in [0.15, 0.2) is 18.2 Å². The van der Waals surface area contributed by atoms with Crippen LogP contribution in [0.3, 0.4) is 0 Å². The first kappa shape index (κ1) is 9.78. The van der Waals surface area contributed by atoms with Gasteiger partial charge in [0.25, 0.3) is 0 Å². The number of aryl methyl sites for hydroxylation is 2. The molecule has 0 fully saturated rings. The van der Waals surface area contributed by atoms with Gasteiger partial charge >= 0.3 is 6.41 Å². The summed E-state index contributed by atoms with van der Waals surface area (Å²) in [6.07, 6.45) is 3.59. The third kappa shape index (κ3) is 2.08. The summed E-state index contributed by atoms with van der Waals surface area (Å²) >= 11 is 0. The maximum absolute atomic E-state index is 10.3. The SMILES string of the molecule is CCc1cccc(CC)c1N[C]=O. The molecule has 0 heterocycles. The predicted octanol–water partition coefficient (Wildman–Crippen LogP) is 2.29. The summed E-state index contributed by atoms with van der Waals surface area (Å²) in [6.45, 7) is 4.15. The van der Waals surface area contributed by atoms with E-state index in [0.717, 1.165) is 18.5 Å². The van der Waals surface area contributed by atoms with Crippen molar-refractivity contribution < 1.29 is 4.79 Å². The zero-order valence-electron chi connectivity index (χ0n) is 8.05. The molecule has 0 atom stereocenters. The van der Waals surface area contributed by atoms with Gasteiger partial charge in [0.15, 0.2) is 0 Å². The van der Waals surface area contributed by atoms with E-state index in [0.29, 0.717) is 0 Å². The summed E-state index contributed by atoms with van der Waals surface area (Å²) in [7, 11) is 0. The fourth-order valence-corrected chi connectivity index (χ4v) is 1.45. The van der Waals surface area contributed by atoms with Crippen LogP contribution in [0.25, 0.3) is 0 Å². The van der Waals surface area contributed by atoms with Crippen molar-refractivity contribution in [3.8, 4) is 0 Å². The number of hydrogen-bond donors (Lipinski definition) is 1. The van der Waals surface area contributed by atoms with Crippen molar-refractivity contribution in [2.75, 3.05) is 5.32 Å². The smallest absolute Gasteiger partial charge is 0.314 e. The normalized spacial score (nSPS) is 9.69. The number of amides is 1. The molecule has 1 radical (unpaired) electrons. The molecule has 1 aromatic rings. The van der Waals surface area contributed by atoms with Crippen LogP contribution in [-0.2, 0) is 17.6 Å². The number of para-hydroxylation sites is 1. The van der Waals surface area contributed by atoms with Crippen LogP contribution in [0.5, 0.6) is 0 Å². The monoisotopic (exact) mass is 176 g/mol. The molecule has 0 spiro atoms. The molecule has 0 unspecified atom stereocenters. The van der Waals surface area contributed by atoms with Crippen LogP contribution in [0, 0.1) is 0 Å². The molecule has 1 N–H and O–H groups in total. The summed E-state index contributed by atoms with van der Waals surface area (Å²) in [5.74, 6) is 0. The van der Waals surface area contributed by atoms with Gasteiger partial charge in [-0.25, -0.2) is 0 Å². The van der Waals surface area contributed by atoms with Crippen LogP contribution < -0.4 is 5.32 Å². The molecular formula is C11H14NO. The fourth-order valence-electron chi connectivity index (χ4n) is 1.45. The van der Waals surface area contributed by atoms with Crippen LogP contribution >= 0.6 is 0 Å². The highest BCUT2D eigenvalue weighted by molar-refractivity contribution is 5.76. The van der Waals surface area contributed by atoms with E-state index in [2.05, 4.69) is 19.2 Å². The Morgan fingerprint density at radius 2 is 1.77 bits per heavy atom. The average Bonchev–Trinajstić information content (AvgIpc) is 2.18. The zero-order valence-corrected chi connectivity index (χ0v) is 8.05. The highest BCUT2D eigenvalue weighted by atomic mass is 16.1. The third-order valence-corrected chi connectivity index (χ3v) is 2.17. The lowest BCUT2D eigenvalue weighted by atomic mass is 10.0. The second-order valence-electron chi connectivity index (χ2n) is 2.89. The standard InChI is InChI=1S/C11H14NO/c1-3-9-6-5-7-10(4-2)11(9)12-8-13/h5-7H,3-4H2,1-2H3,(H,12,13). The molecule has 0 aliphatic heterocycles. The molecule has 0 saturated carbocycles. The highest BCUT2D eigenvalue weighted by Gasteiger charge is 2.04. The zero-order chi connectivity index (χ0) is 9.68. The van der Waals surface area contributed by atoms with E-state index in [4.69, 9.17) is 0 Å². The molecule has 0 aromatic heterocycles. The second-order valence-corrected chi connectivity index (χ2v) is 2.89. The number of hydrogen-bond acceptors (Lipinski definition) is 1. The number of nitrogens with one attached hydrogen (secondary N) is 1. The topological polar surface area (TPSA) is 29.1 Å². The number of anilines is 1. The quantitative estimate of drug-likeness (QED) is 0.701. The molecule has 1 rings (SSSR count). The second kappa shape index (κ2) is 4.65. The van der Waals surface area contributed by atoms with Crippen molar-refractivity contribution in [2.45, 2.75) is 26.7 Å². The molecule has 0 aliphatic carbocycles. The van der Waals surface area contributed by atoms with E-state index in [1.54, 1.807) is 6.41 Å². The van der Waals surface area contributed by atoms with Crippen molar-refractivity contribution >= 4 is 12.1 Å². The first-order chi connectivity index (χ1) is 6.33. The van der Waals surface area contributed by atoms with Crippen molar-refractivity contribution in [1.82, 2.24) is 0 Å². The van der Waals surface area contributed by atoms with E-state index in [9.17, 15) is 4.79 Å². The Hall–Kier alpha value is -1.31. The minimum absolute atomic E-state index is 0.928. The highest BCUT2D eigenvalue weighted by Crippen LogP contribution is 2.21. The van der Waals surface area contributed by atoms with Gasteiger partial charge in [0, 0.05) is 5.69 Å². The Morgan fingerprint density at radius 3 is 2.15 bits per heavy atom. The van der Waals surface area contributed by atoms with E-state index in [1.807, 2.05) is 18.2 Å². The first-order valence-electron chi connectivity index (χ1n) is 4.57. The van der Waals surface area contributed by atoms with Crippen molar-refractivity contribution in [1.29, 1.82) is 0 Å². The Kier molecular flexibility index (Phi) is 3.50. The summed E-state index contributed by atoms with van der Waals surface area (Å²) in [6, 6.07) is 6.07. The van der Waals surface area contributed by atoms with Crippen molar-refractivity contribution in [2.24, 2.45) is 0 Å². The Balaban J connectivity index is 3.12. The van der Waals surface area contributed by atoms with E-state index in [1.165, 1.54) is 11.1 Å². The van der Waals surface area contributed by atoms with E-state index >= 15 is 0 Å². The molecule has 69 valence electrons. The Labute approximate surface area is 79.0 Å². The molecule has 13 heavy (non-hydrogen) atoms. The largest absolute Gasteiger partial charge is 0.317 e. The number of benzene rings is 1.